The molecule has 0 unspecified atom stereocenters. The van der Waals surface area contributed by atoms with Gasteiger partial charge >= 0.3 is 0 Å². The molecule has 0 atom stereocenters. The highest BCUT2D eigenvalue weighted by atomic mass is 14.7. The summed E-state index contributed by atoms with van der Waals surface area (Å²) in [5.74, 6) is 0. The molecule has 0 aromatic heterocycles. The van der Waals surface area contributed by atoms with Gasteiger partial charge in [0.1, 0.15) is 0 Å². The van der Waals surface area contributed by atoms with Gasteiger partial charge in [-0.3, -0.25) is 0 Å². The Bertz CT molecular complexity index is 163. The number of benzene rings is 1. The fourth-order valence-corrected chi connectivity index (χ4v) is 0.511. The largest absolute Gasteiger partial charge is 0.397 e. The van der Waals surface area contributed by atoms with Crippen LogP contribution in [0, 0.1) is 0 Å². The Labute approximate surface area is 55.5 Å². The monoisotopic (exact) mass is 124 g/mol. The van der Waals surface area contributed by atoms with Gasteiger partial charge in [0, 0.05) is 0 Å². The number of hydrogen-bond acceptors (Lipinski definition) is 2. The van der Waals surface area contributed by atoms with E-state index in [0.717, 1.165) is 0 Å². The van der Waals surface area contributed by atoms with Crippen molar-refractivity contribution in [2.75, 3.05) is 11.5 Å². The van der Waals surface area contributed by atoms with Gasteiger partial charge in [0.25, 0.3) is 0 Å². The van der Waals surface area contributed by atoms with Crippen LogP contribution in [0.3, 0.4) is 0 Å². The Morgan fingerprint density at radius 2 is 1.22 bits per heavy atom. The minimum Gasteiger partial charge on any atom is -0.397 e. The summed E-state index contributed by atoms with van der Waals surface area (Å²) in [5, 5.41) is 0. The molecule has 4 N–H and O–H groups in total. The first-order valence-electron chi connectivity index (χ1n) is 2.40. The summed E-state index contributed by atoms with van der Waals surface area (Å²) in [4.78, 5) is 0. The van der Waals surface area contributed by atoms with Crippen LogP contribution in [0.15, 0.2) is 24.3 Å². The summed E-state index contributed by atoms with van der Waals surface area (Å²) >= 11 is 0. The first-order valence-corrected chi connectivity index (χ1v) is 2.40. The van der Waals surface area contributed by atoms with Crippen LogP contribution in [0.2, 0.25) is 0 Å². The highest BCUT2D eigenvalue weighted by Crippen LogP contribution is 2.10. The average molecular weight is 124 g/mol. The molecule has 2 heteroatoms. The van der Waals surface area contributed by atoms with Gasteiger partial charge < -0.3 is 11.5 Å². The van der Waals surface area contributed by atoms with E-state index in [1.54, 1.807) is 12.1 Å². The van der Waals surface area contributed by atoms with E-state index in [0.29, 0.717) is 11.4 Å². The Morgan fingerprint density at radius 1 is 0.889 bits per heavy atom. The molecule has 0 aliphatic carbocycles. The summed E-state index contributed by atoms with van der Waals surface area (Å²) in [6, 6.07) is 7.25. The van der Waals surface area contributed by atoms with Crippen molar-refractivity contribution < 1.29 is 0 Å². The number of nitrogens with two attached hydrogens (primary N) is 2. The predicted molar refractivity (Wildman–Crippen MR) is 42.0 cm³/mol. The van der Waals surface area contributed by atoms with E-state index in [9.17, 15) is 0 Å². The molecule has 1 rings (SSSR count). The third kappa shape index (κ3) is 1.64. The molecule has 0 aliphatic heterocycles. The molecule has 0 aliphatic rings. The van der Waals surface area contributed by atoms with Gasteiger partial charge in [-0.15, -0.1) is 0 Å². The lowest BCUT2D eigenvalue weighted by Gasteiger charge is -1.94. The Morgan fingerprint density at radius 3 is 1.44 bits per heavy atom. The smallest absolute Gasteiger partial charge is 0.0547 e. The number of rotatable bonds is 0. The van der Waals surface area contributed by atoms with Crippen LogP contribution in [0.25, 0.3) is 0 Å². The van der Waals surface area contributed by atoms with Crippen molar-refractivity contribution >= 4 is 11.4 Å². The number of hydrogen-bond donors (Lipinski definition) is 2. The molecule has 0 heterocycles. The molecule has 0 saturated heterocycles. The van der Waals surface area contributed by atoms with E-state index in [4.69, 9.17) is 11.5 Å². The quantitative estimate of drug-likeness (QED) is 0.515. The predicted octanol–water partition coefficient (Wildman–Crippen LogP) is 1.49. The molecule has 0 bridgehead atoms. The van der Waals surface area contributed by atoms with Gasteiger partial charge in [0.15, 0.2) is 0 Å². The summed E-state index contributed by atoms with van der Waals surface area (Å²) in [7, 11) is 0. The highest BCUT2D eigenvalue weighted by Gasteiger charge is 1.85. The summed E-state index contributed by atoms with van der Waals surface area (Å²) in [5.41, 5.74) is 12.1. The summed E-state index contributed by atoms with van der Waals surface area (Å²) in [6.45, 7) is 0. The molecule has 9 heavy (non-hydrogen) atoms. The molecule has 1 aromatic rings. The van der Waals surface area contributed by atoms with Crippen LogP contribution in [-0.4, -0.2) is 0 Å². The zero-order valence-electron chi connectivity index (χ0n) is 4.46. The third-order valence-corrected chi connectivity index (χ3v) is 0.996. The topological polar surface area (TPSA) is 52.0 Å². The van der Waals surface area contributed by atoms with Crippen LogP contribution in [-0.2, 0) is 0 Å². The van der Waals surface area contributed by atoms with E-state index in [-0.39, 0.29) is 7.43 Å². The molecule has 50 valence electrons. The van der Waals surface area contributed by atoms with Crippen molar-refractivity contribution in [3.63, 3.8) is 0 Å². The van der Waals surface area contributed by atoms with Crippen LogP contribution in [0.1, 0.15) is 7.43 Å². The first-order chi connectivity index (χ1) is 3.80. The molecule has 1 aromatic carbocycles. The van der Waals surface area contributed by atoms with Gasteiger partial charge in [-0.2, -0.15) is 0 Å². The molecule has 2 nitrogen and oxygen atoms in total. The number of nitrogen functional groups attached to an aromatic ring is 2. The molecule has 0 radical (unpaired) electrons. The fourth-order valence-electron chi connectivity index (χ4n) is 0.511. The molecule has 0 amide bonds. The SMILES string of the molecule is C.Nc1ccccc1N. The van der Waals surface area contributed by atoms with Crippen molar-refractivity contribution in [3.8, 4) is 0 Å². The second-order valence-corrected chi connectivity index (χ2v) is 1.63. The van der Waals surface area contributed by atoms with Gasteiger partial charge in [0.05, 0.1) is 11.4 Å². The molecule has 0 saturated carbocycles. The maximum absolute atomic E-state index is 5.39. The first kappa shape index (κ1) is 7.82. The van der Waals surface area contributed by atoms with E-state index >= 15 is 0 Å². The maximum Gasteiger partial charge on any atom is 0.0547 e. The summed E-state index contributed by atoms with van der Waals surface area (Å²) < 4.78 is 0. The Kier molecular flexibility index (Phi) is 2.58. The average Bonchev–Trinajstić information content (AvgIpc) is 1.77. The zero-order chi connectivity index (χ0) is 5.98. The Hall–Kier alpha value is -1.18. The normalized spacial score (nSPS) is 8.00. The lowest BCUT2D eigenvalue weighted by atomic mass is 10.3. The number of anilines is 2. The van der Waals surface area contributed by atoms with E-state index in [1.165, 1.54) is 0 Å². The molecular weight excluding hydrogens is 112 g/mol. The van der Waals surface area contributed by atoms with Crippen LogP contribution in [0.4, 0.5) is 11.4 Å². The molecule has 0 spiro atoms. The van der Waals surface area contributed by atoms with E-state index in [1.807, 2.05) is 12.1 Å². The van der Waals surface area contributed by atoms with Crippen molar-refractivity contribution in [2.24, 2.45) is 0 Å². The Balaban J connectivity index is 0.000000640. The second-order valence-electron chi connectivity index (χ2n) is 1.63. The third-order valence-electron chi connectivity index (χ3n) is 0.996. The van der Waals surface area contributed by atoms with Crippen molar-refractivity contribution in [1.29, 1.82) is 0 Å². The standard InChI is InChI=1S/C6H8N2.CH4/c7-5-3-1-2-4-6(5)8;/h1-4H,7-8H2;1H4. The number of para-hydroxylation sites is 2. The van der Waals surface area contributed by atoms with Crippen LogP contribution < -0.4 is 11.5 Å². The van der Waals surface area contributed by atoms with Gasteiger partial charge in [0.2, 0.25) is 0 Å². The minimum atomic E-state index is 0. The lowest BCUT2D eigenvalue weighted by Crippen LogP contribution is -1.91. The molecule has 0 fully saturated rings. The van der Waals surface area contributed by atoms with Gasteiger partial charge in [-0.25, -0.2) is 0 Å². The zero-order valence-corrected chi connectivity index (χ0v) is 4.46. The van der Waals surface area contributed by atoms with Gasteiger partial charge in [-0.1, -0.05) is 19.6 Å². The highest BCUT2D eigenvalue weighted by molar-refractivity contribution is 5.62. The van der Waals surface area contributed by atoms with Crippen molar-refractivity contribution in [1.82, 2.24) is 0 Å². The van der Waals surface area contributed by atoms with Crippen molar-refractivity contribution in [2.45, 2.75) is 7.43 Å². The van der Waals surface area contributed by atoms with E-state index < -0.39 is 0 Å². The van der Waals surface area contributed by atoms with Crippen LogP contribution in [0.5, 0.6) is 0 Å². The second kappa shape index (κ2) is 2.97. The summed E-state index contributed by atoms with van der Waals surface area (Å²) in [6.07, 6.45) is 0. The fraction of sp³-hybridized carbons (Fsp3) is 0.143. The van der Waals surface area contributed by atoms with E-state index in [2.05, 4.69) is 0 Å². The maximum atomic E-state index is 5.39. The van der Waals surface area contributed by atoms with Crippen LogP contribution >= 0.6 is 0 Å². The minimum absolute atomic E-state index is 0. The molecular formula is C7H12N2. The van der Waals surface area contributed by atoms with Crippen molar-refractivity contribution in [3.05, 3.63) is 24.3 Å². The lowest BCUT2D eigenvalue weighted by molar-refractivity contribution is 1.67. The van der Waals surface area contributed by atoms with Gasteiger partial charge in [-0.05, 0) is 12.1 Å².